The summed E-state index contributed by atoms with van der Waals surface area (Å²) in [6, 6.07) is 12.8. The van der Waals surface area contributed by atoms with E-state index in [1.807, 2.05) is 24.5 Å². The first kappa shape index (κ1) is 18.8. The lowest BCUT2D eigenvalue weighted by atomic mass is 10.3. The zero-order chi connectivity index (χ0) is 17.5. The summed E-state index contributed by atoms with van der Waals surface area (Å²) in [4.78, 5) is 7.16. The standard InChI is InChI=1S/C16H17ClFN3OS2/c1-21(11-4-3-5-12(8-11)22-10-24-18)16(19)20-15-9-13(23-2)6-7-14(15)17/h3-9H,10H2,1-2H3,(H2,19,20). The second-order valence-electron chi connectivity index (χ2n) is 4.72. The third-order valence-corrected chi connectivity index (χ3v) is 4.46. The lowest BCUT2D eigenvalue weighted by Crippen LogP contribution is -2.33. The van der Waals surface area contributed by atoms with Gasteiger partial charge in [-0.1, -0.05) is 17.7 Å². The van der Waals surface area contributed by atoms with Crippen molar-refractivity contribution in [2.24, 2.45) is 10.7 Å². The monoisotopic (exact) mass is 385 g/mol. The van der Waals surface area contributed by atoms with E-state index in [-0.39, 0.29) is 24.0 Å². The molecule has 0 saturated carbocycles. The van der Waals surface area contributed by atoms with E-state index >= 15 is 0 Å². The number of ether oxygens (including phenoxy) is 1. The molecule has 0 unspecified atom stereocenters. The zero-order valence-corrected chi connectivity index (χ0v) is 15.6. The van der Waals surface area contributed by atoms with Gasteiger partial charge in [-0.2, -0.15) is 3.89 Å². The fourth-order valence-electron chi connectivity index (χ4n) is 1.91. The van der Waals surface area contributed by atoms with Crippen LogP contribution in [0.5, 0.6) is 5.75 Å². The van der Waals surface area contributed by atoms with Gasteiger partial charge >= 0.3 is 0 Å². The van der Waals surface area contributed by atoms with Gasteiger partial charge in [-0.15, -0.1) is 11.8 Å². The third kappa shape index (κ3) is 4.96. The molecular formula is C16H17ClFN3OS2. The summed E-state index contributed by atoms with van der Waals surface area (Å²) in [5.41, 5.74) is 7.48. The second kappa shape index (κ2) is 9.05. The molecule has 8 heteroatoms. The van der Waals surface area contributed by atoms with Crippen LogP contribution in [0.15, 0.2) is 52.4 Å². The quantitative estimate of drug-likeness (QED) is 0.324. The molecule has 0 amide bonds. The molecule has 24 heavy (non-hydrogen) atoms. The largest absolute Gasteiger partial charge is 0.480 e. The molecule has 0 aromatic heterocycles. The van der Waals surface area contributed by atoms with Crippen molar-refractivity contribution in [1.29, 1.82) is 0 Å². The van der Waals surface area contributed by atoms with Crippen LogP contribution in [0.1, 0.15) is 0 Å². The maximum absolute atomic E-state index is 12.1. The van der Waals surface area contributed by atoms with Crippen molar-refractivity contribution in [3.63, 3.8) is 0 Å². The van der Waals surface area contributed by atoms with E-state index in [1.165, 1.54) is 0 Å². The Bertz CT molecular complexity index is 730. The molecule has 0 aliphatic rings. The Hall–Kier alpha value is -1.57. The van der Waals surface area contributed by atoms with Crippen LogP contribution < -0.4 is 15.4 Å². The van der Waals surface area contributed by atoms with Crippen LogP contribution in [-0.4, -0.2) is 25.2 Å². The molecule has 2 rings (SSSR count). The Kier molecular flexibility index (Phi) is 7.08. The number of halogens is 2. The topological polar surface area (TPSA) is 50.8 Å². The number of aliphatic imine (C=N–C) groups is 1. The molecule has 0 atom stereocenters. The lowest BCUT2D eigenvalue weighted by molar-refractivity contribution is 0.390. The third-order valence-electron chi connectivity index (χ3n) is 3.21. The molecule has 2 aromatic carbocycles. The average Bonchev–Trinajstić information content (AvgIpc) is 2.61. The Labute approximate surface area is 154 Å². The Morgan fingerprint density at radius 1 is 1.33 bits per heavy atom. The van der Waals surface area contributed by atoms with E-state index < -0.39 is 0 Å². The molecule has 2 aromatic rings. The van der Waals surface area contributed by atoms with Gasteiger partial charge in [0.05, 0.1) is 22.9 Å². The van der Waals surface area contributed by atoms with E-state index in [2.05, 4.69) is 4.99 Å². The molecule has 0 fully saturated rings. The highest BCUT2D eigenvalue weighted by atomic mass is 35.5. The summed E-state index contributed by atoms with van der Waals surface area (Å²) < 4.78 is 17.4. The molecule has 0 spiro atoms. The molecule has 2 N–H and O–H groups in total. The van der Waals surface area contributed by atoms with Gasteiger partial charge in [-0.3, -0.25) is 0 Å². The van der Waals surface area contributed by atoms with Gasteiger partial charge in [-0.05, 0) is 36.6 Å². The summed E-state index contributed by atoms with van der Waals surface area (Å²) in [5.74, 6) is 0.778. The van der Waals surface area contributed by atoms with Crippen LogP contribution in [0.4, 0.5) is 15.3 Å². The number of nitrogens with zero attached hydrogens (tertiary/aromatic N) is 2. The van der Waals surface area contributed by atoms with Gasteiger partial charge in [0, 0.05) is 23.7 Å². The van der Waals surface area contributed by atoms with Gasteiger partial charge in [0.15, 0.2) is 5.94 Å². The molecule has 0 bridgehead atoms. The molecule has 0 heterocycles. The van der Waals surface area contributed by atoms with Crippen molar-refractivity contribution in [1.82, 2.24) is 0 Å². The van der Waals surface area contributed by atoms with Crippen LogP contribution in [0.3, 0.4) is 0 Å². The number of anilines is 1. The van der Waals surface area contributed by atoms with E-state index in [0.717, 1.165) is 10.6 Å². The minimum Gasteiger partial charge on any atom is -0.480 e. The van der Waals surface area contributed by atoms with Crippen molar-refractivity contribution in [2.75, 3.05) is 24.1 Å². The molecule has 0 radical (unpaired) electrons. The van der Waals surface area contributed by atoms with Crippen LogP contribution in [-0.2, 0) is 0 Å². The molecular weight excluding hydrogens is 369 g/mol. The number of hydrogen-bond acceptors (Lipinski definition) is 4. The van der Waals surface area contributed by atoms with E-state index in [4.69, 9.17) is 22.1 Å². The van der Waals surface area contributed by atoms with Crippen LogP contribution >= 0.6 is 35.5 Å². The first-order valence-electron chi connectivity index (χ1n) is 6.93. The predicted molar refractivity (Wildman–Crippen MR) is 104 cm³/mol. The first-order valence-corrected chi connectivity index (χ1v) is 9.42. The van der Waals surface area contributed by atoms with Crippen LogP contribution in [0.25, 0.3) is 0 Å². The smallest absolute Gasteiger partial charge is 0.200 e. The molecule has 0 saturated heterocycles. The van der Waals surface area contributed by atoms with Crippen molar-refractivity contribution in [2.45, 2.75) is 4.90 Å². The molecule has 0 aliphatic heterocycles. The van der Waals surface area contributed by atoms with E-state index in [0.29, 0.717) is 16.5 Å². The SMILES string of the molecule is CSc1ccc(Cl)c(N=C(N)N(C)c2cccc(OCSF)c2)c1. The number of nitrogens with two attached hydrogens (primary N) is 1. The highest BCUT2D eigenvalue weighted by Crippen LogP contribution is 2.30. The number of benzene rings is 2. The number of guanidine groups is 1. The van der Waals surface area contributed by atoms with E-state index in [1.54, 1.807) is 48.0 Å². The minimum atomic E-state index is -0.0617. The number of thioether (sulfide) groups is 1. The molecule has 4 nitrogen and oxygen atoms in total. The van der Waals surface area contributed by atoms with Crippen LogP contribution in [0.2, 0.25) is 5.02 Å². The highest BCUT2D eigenvalue weighted by molar-refractivity contribution is 7.98. The van der Waals surface area contributed by atoms with Gasteiger partial charge in [0.1, 0.15) is 5.75 Å². The Balaban J connectivity index is 2.24. The minimum absolute atomic E-state index is 0.0617. The van der Waals surface area contributed by atoms with Gasteiger partial charge in [-0.25, -0.2) is 4.99 Å². The highest BCUT2D eigenvalue weighted by Gasteiger charge is 2.09. The summed E-state index contributed by atoms with van der Waals surface area (Å²) in [6.45, 7) is 0. The second-order valence-corrected chi connectivity index (χ2v) is 6.46. The molecule has 128 valence electrons. The number of hydrogen-bond donors (Lipinski definition) is 1. The zero-order valence-electron chi connectivity index (χ0n) is 13.2. The summed E-state index contributed by atoms with van der Waals surface area (Å²) in [5, 5.41) is 0.529. The van der Waals surface area contributed by atoms with Gasteiger partial charge < -0.3 is 15.4 Å². The summed E-state index contributed by atoms with van der Waals surface area (Å²) in [6.07, 6.45) is 1.98. The van der Waals surface area contributed by atoms with Gasteiger partial charge in [0.25, 0.3) is 0 Å². The van der Waals surface area contributed by atoms with Crippen molar-refractivity contribution in [3.05, 3.63) is 47.5 Å². The first-order chi connectivity index (χ1) is 11.5. The molecule has 0 aliphatic carbocycles. The normalized spacial score (nSPS) is 11.4. The van der Waals surface area contributed by atoms with Crippen molar-refractivity contribution < 1.29 is 8.62 Å². The average molecular weight is 386 g/mol. The van der Waals surface area contributed by atoms with Crippen molar-refractivity contribution in [3.8, 4) is 5.75 Å². The predicted octanol–water partition coefficient (Wildman–Crippen LogP) is 5.10. The van der Waals surface area contributed by atoms with E-state index in [9.17, 15) is 3.89 Å². The summed E-state index contributed by atoms with van der Waals surface area (Å²) >= 11 is 7.91. The summed E-state index contributed by atoms with van der Waals surface area (Å²) in [7, 11) is 1.79. The van der Waals surface area contributed by atoms with Gasteiger partial charge in [0.2, 0.25) is 5.96 Å². The van der Waals surface area contributed by atoms with Crippen LogP contribution in [0, 0.1) is 0 Å². The lowest BCUT2D eigenvalue weighted by Gasteiger charge is -2.19. The Morgan fingerprint density at radius 3 is 2.83 bits per heavy atom. The maximum atomic E-state index is 12.1. The fraction of sp³-hybridized carbons (Fsp3) is 0.188. The Morgan fingerprint density at radius 2 is 2.12 bits per heavy atom. The number of rotatable bonds is 6. The maximum Gasteiger partial charge on any atom is 0.200 e. The van der Waals surface area contributed by atoms with Crippen molar-refractivity contribution >= 4 is 52.8 Å². The fourth-order valence-corrected chi connectivity index (χ4v) is 2.68.